The van der Waals surface area contributed by atoms with Crippen molar-refractivity contribution in [1.82, 2.24) is 10.2 Å². The molecule has 0 spiro atoms. The lowest BCUT2D eigenvalue weighted by molar-refractivity contribution is -0.156. The third-order valence-electron chi connectivity index (χ3n) is 4.72. The molecule has 2 aromatic rings. The van der Waals surface area contributed by atoms with Gasteiger partial charge in [0, 0.05) is 14.2 Å². The maximum Gasteiger partial charge on any atom is 0.248 e. The molecule has 6 nitrogen and oxygen atoms in total. The van der Waals surface area contributed by atoms with Crippen molar-refractivity contribution in [3.8, 4) is 0 Å². The first-order valence-electron chi connectivity index (χ1n) is 8.42. The van der Waals surface area contributed by atoms with Crippen LogP contribution in [0.2, 0.25) is 0 Å². The molecule has 1 saturated heterocycles. The average molecular weight is 354 g/mol. The van der Waals surface area contributed by atoms with Crippen molar-refractivity contribution in [1.29, 1.82) is 0 Å². The lowest BCUT2D eigenvalue weighted by Crippen LogP contribution is -2.65. The summed E-state index contributed by atoms with van der Waals surface area (Å²) in [5, 5.41) is 13.2. The second-order valence-corrected chi connectivity index (χ2v) is 6.30. The van der Waals surface area contributed by atoms with Gasteiger partial charge in [-0.3, -0.25) is 9.59 Å². The van der Waals surface area contributed by atoms with Gasteiger partial charge < -0.3 is 20.1 Å². The number of amides is 2. The Balaban J connectivity index is 1.85. The van der Waals surface area contributed by atoms with E-state index in [2.05, 4.69) is 5.32 Å². The summed E-state index contributed by atoms with van der Waals surface area (Å²) in [7, 11) is 3.07. The lowest BCUT2D eigenvalue weighted by Gasteiger charge is -2.41. The Bertz CT molecular complexity index is 766. The summed E-state index contributed by atoms with van der Waals surface area (Å²) in [5.74, 6) is -0.716. The maximum absolute atomic E-state index is 12.8. The highest BCUT2D eigenvalue weighted by Gasteiger charge is 2.45. The fourth-order valence-electron chi connectivity index (χ4n) is 3.32. The van der Waals surface area contributed by atoms with Crippen molar-refractivity contribution in [2.45, 2.75) is 24.3 Å². The number of hydrogen-bond acceptors (Lipinski definition) is 4. The van der Waals surface area contributed by atoms with Gasteiger partial charge in [-0.15, -0.1) is 0 Å². The number of carbonyl (C=O) groups excluding carboxylic acids is 2. The largest absolute Gasteiger partial charge is 0.386 e. The van der Waals surface area contributed by atoms with E-state index in [1.54, 1.807) is 31.3 Å². The van der Waals surface area contributed by atoms with E-state index in [9.17, 15) is 14.7 Å². The van der Waals surface area contributed by atoms with Crippen LogP contribution in [0.15, 0.2) is 60.7 Å². The van der Waals surface area contributed by atoms with Crippen LogP contribution in [-0.2, 0) is 14.3 Å². The average Bonchev–Trinajstić information content (AvgIpc) is 2.68. The van der Waals surface area contributed by atoms with Crippen molar-refractivity contribution in [3.63, 3.8) is 0 Å². The Morgan fingerprint density at radius 2 is 1.54 bits per heavy atom. The molecule has 6 heteroatoms. The Morgan fingerprint density at radius 3 is 2.08 bits per heavy atom. The highest BCUT2D eigenvalue weighted by molar-refractivity contribution is 5.97. The number of hydrogen-bond donors (Lipinski definition) is 2. The normalized spacial score (nSPS) is 22.7. The van der Waals surface area contributed by atoms with Gasteiger partial charge in [0.2, 0.25) is 11.8 Å². The van der Waals surface area contributed by atoms with E-state index < -0.39 is 24.3 Å². The zero-order chi connectivity index (χ0) is 18.7. The maximum atomic E-state index is 12.8. The Labute approximate surface area is 152 Å². The van der Waals surface area contributed by atoms with Crippen LogP contribution in [0.4, 0.5) is 0 Å². The van der Waals surface area contributed by atoms with E-state index in [0.717, 1.165) is 5.56 Å². The molecule has 0 aromatic heterocycles. The summed E-state index contributed by atoms with van der Waals surface area (Å²) in [4.78, 5) is 27.0. The van der Waals surface area contributed by atoms with Gasteiger partial charge in [-0.2, -0.15) is 0 Å². The van der Waals surface area contributed by atoms with Crippen LogP contribution in [0.5, 0.6) is 0 Å². The molecule has 0 radical (unpaired) electrons. The minimum atomic E-state index is -1.12. The highest BCUT2D eigenvalue weighted by atomic mass is 16.5. The van der Waals surface area contributed by atoms with Crippen LogP contribution < -0.4 is 5.32 Å². The minimum Gasteiger partial charge on any atom is -0.386 e. The van der Waals surface area contributed by atoms with Crippen LogP contribution in [0.25, 0.3) is 0 Å². The zero-order valence-electron chi connectivity index (χ0n) is 14.7. The summed E-state index contributed by atoms with van der Waals surface area (Å²) in [6.45, 7) is 0. The van der Waals surface area contributed by atoms with Crippen LogP contribution in [-0.4, -0.2) is 48.1 Å². The number of nitrogens with zero attached hydrogens (tertiary/aromatic N) is 1. The quantitative estimate of drug-likeness (QED) is 0.851. The van der Waals surface area contributed by atoms with Crippen molar-refractivity contribution in [2.75, 3.05) is 14.2 Å². The predicted octanol–water partition coefficient (Wildman–Crippen LogP) is 1.43. The Hall–Kier alpha value is -2.70. The standard InChI is InChI=1S/C20H22N2O4/c1-22-16(18(26-2)14-11-7-4-8-12-14)19(24)21-15(20(22)25)17(23)13-9-5-3-6-10-13/h3-12,15-18,23H,1-2H3,(H,21,24)/t15-,16+,17+,18-/m0/s1. The van der Waals surface area contributed by atoms with Crippen LogP contribution in [0.3, 0.4) is 0 Å². The molecule has 1 fully saturated rings. The van der Waals surface area contributed by atoms with E-state index in [-0.39, 0.29) is 11.8 Å². The van der Waals surface area contributed by atoms with Gasteiger partial charge in [0.05, 0.1) is 0 Å². The van der Waals surface area contributed by atoms with E-state index in [1.807, 2.05) is 36.4 Å². The molecule has 2 amide bonds. The molecule has 1 heterocycles. The molecule has 26 heavy (non-hydrogen) atoms. The fraction of sp³-hybridized carbons (Fsp3) is 0.300. The molecule has 2 aromatic carbocycles. The van der Waals surface area contributed by atoms with Crippen molar-refractivity contribution < 1.29 is 19.4 Å². The second kappa shape index (κ2) is 7.68. The fourth-order valence-corrected chi connectivity index (χ4v) is 3.32. The van der Waals surface area contributed by atoms with Crippen LogP contribution in [0, 0.1) is 0 Å². The van der Waals surface area contributed by atoms with Gasteiger partial charge in [-0.25, -0.2) is 0 Å². The molecule has 2 N–H and O–H groups in total. The third-order valence-corrected chi connectivity index (χ3v) is 4.72. The van der Waals surface area contributed by atoms with Crippen LogP contribution >= 0.6 is 0 Å². The molecule has 4 atom stereocenters. The third kappa shape index (κ3) is 3.34. The number of likely N-dealkylation sites (N-methyl/N-ethyl adjacent to an activating group) is 1. The van der Waals surface area contributed by atoms with E-state index in [1.165, 1.54) is 12.0 Å². The smallest absolute Gasteiger partial charge is 0.248 e. The van der Waals surface area contributed by atoms with E-state index >= 15 is 0 Å². The molecule has 0 unspecified atom stereocenters. The predicted molar refractivity (Wildman–Crippen MR) is 96.1 cm³/mol. The SMILES string of the molecule is CO[C@@H](c1ccccc1)[C@@H]1C(=O)N[C@@H]([C@H](O)c2ccccc2)C(=O)N1C. The molecule has 1 aliphatic heterocycles. The lowest BCUT2D eigenvalue weighted by atomic mass is 9.93. The zero-order valence-corrected chi connectivity index (χ0v) is 14.7. The molecule has 0 saturated carbocycles. The van der Waals surface area contributed by atoms with Gasteiger partial charge in [-0.1, -0.05) is 60.7 Å². The number of nitrogens with one attached hydrogen (secondary N) is 1. The van der Waals surface area contributed by atoms with E-state index in [0.29, 0.717) is 5.56 Å². The second-order valence-electron chi connectivity index (χ2n) is 6.30. The van der Waals surface area contributed by atoms with Crippen molar-refractivity contribution >= 4 is 11.8 Å². The number of methoxy groups -OCH3 is 1. The Kier molecular flexibility index (Phi) is 5.35. The first-order valence-corrected chi connectivity index (χ1v) is 8.42. The van der Waals surface area contributed by atoms with Crippen molar-refractivity contribution in [3.05, 3.63) is 71.8 Å². The first kappa shape index (κ1) is 18.1. The molecular formula is C20H22N2O4. The number of carbonyl (C=O) groups is 2. The summed E-state index contributed by atoms with van der Waals surface area (Å²) >= 11 is 0. The number of rotatable bonds is 5. The molecular weight excluding hydrogens is 332 g/mol. The molecule has 136 valence electrons. The number of aliphatic hydroxyl groups excluding tert-OH is 1. The summed E-state index contributed by atoms with van der Waals surface area (Å²) in [5.41, 5.74) is 1.38. The van der Waals surface area contributed by atoms with Crippen molar-refractivity contribution in [2.24, 2.45) is 0 Å². The minimum absolute atomic E-state index is 0.357. The topological polar surface area (TPSA) is 78.9 Å². The summed E-state index contributed by atoms with van der Waals surface area (Å²) in [6, 6.07) is 16.3. The molecule has 0 bridgehead atoms. The van der Waals surface area contributed by atoms with Gasteiger partial charge in [0.1, 0.15) is 24.3 Å². The molecule has 1 aliphatic rings. The number of piperazine rings is 1. The number of ether oxygens (including phenoxy) is 1. The van der Waals surface area contributed by atoms with Gasteiger partial charge in [0.25, 0.3) is 0 Å². The molecule has 3 rings (SSSR count). The first-order chi connectivity index (χ1) is 12.5. The van der Waals surface area contributed by atoms with Gasteiger partial charge in [-0.05, 0) is 11.1 Å². The summed E-state index contributed by atoms with van der Waals surface area (Å²) in [6.07, 6.45) is -1.71. The van der Waals surface area contributed by atoms with Gasteiger partial charge in [0.15, 0.2) is 0 Å². The van der Waals surface area contributed by atoms with Gasteiger partial charge >= 0.3 is 0 Å². The highest BCUT2D eigenvalue weighted by Crippen LogP contribution is 2.29. The molecule has 0 aliphatic carbocycles. The van der Waals surface area contributed by atoms with Crippen LogP contribution in [0.1, 0.15) is 23.3 Å². The Morgan fingerprint density at radius 1 is 1.00 bits per heavy atom. The summed E-state index contributed by atoms with van der Waals surface area (Å²) < 4.78 is 5.53. The monoisotopic (exact) mass is 354 g/mol. The number of benzene rings is 2. The van der Waals surface area contributed by atoms with E-state index in [4.69, 9.17) is 4.74 Å². The number of aliphatic hydroxyl groups is 1.